The smallest absolute Gasteiger partial charge is 0.341 e. The van der Waals surface area contributed by atoms with Crippen molar-refractivity contribution in [1.82, 2.24) is 9.97 Å². The van der Waals surface area contributed by atoms with Crippen LogP contribution in [-0.2, 0) is 14.3 Å². The number of aromatic nitrogens is 2. The van der Waals surface area contributed by atoms with Crippen molar-refractivity contribution in [3.63, 3.8) is 0 Å². The fourth-order valence-electron chi connectivity index (χ4n) is 6.07. The Morgan fingerprint density at radius 1 is 0.766 bits per heavy atom. The molecule has 4 aromatic rings. The summed E-state index contributed by atoms with van der Waals surface area (Å²) >= 11 is 0. The lowest BCUT2D eigenvalue weighted by atomic mass is 9.78. The molecule has 47 heavy (non-hydrogen) atoms. The zero-order valence-corrected chi connectivity index (χ0v) is 27.5. The molecular weight excluding hydrogens is 588 g/mol. The first-order chi connectivity index (χ1) is 22.7. The highest BCUT2D eigenvalue weighted by atomic mass is 16.5. The van der Waals surface area contributed by atoms with Gasteiger partial charge >= 0.3 is 11.9 Å². The van der Waals surface area contributed by atoms with E-state index in [0.29, 0.717) is 28.8 Å². The number of hydrogen-bond donors (Lipinski definition) is 0. The van der Waals surface area contributed by atoms with Crippen LogP contribution in [0, 0.1) is 5.92 Å². The first-order valence-electron chi connectivity index (χ1n) is 16.2. The van der Waals surface area contributed by atoms with Gasteiger partial charge in [0.2, 0.25) is 0 Å². The van der Waals surface area contributed by atoms with Gasteiger partial charge in [-0.25, -0.2) is 19.6 Å². The minimum Gasteiger partial charge on any atom is -0.423 e. The van der Waals surface area contributed by atoms with E-state index in [4.69, 9.17) is 24.2 Å². The molecule has 1 aromatic heterocycles. The molecule has 1 aliphatic rings. The summed E-state index contributed by atoms with van der Waals surface area (Å²) in [5.74, 6) is 1.71. The molecule has 0 amide bonds. The topological polar surface area (TPSA) is 87.6 Å². The minimum atomic E-state index is -0.551. The van der Waals surface area contributed by atoms with Crippen LogP contribution in [0.1, 0.15) is 63.9 Å². The van der Waals surface area contributed by atoms with Crippen molar-refractivity contribution in [2.24, 2.45) is 5.92 Å². The Labute approximate surface area is 277 Å². The van der Waals surface area contributed by atoms with E-state index >= 15 is 0 Å². The summed E-state index contributed by atoms with van der Waals surface area (Å²) < 4.78 is 16.0. The largest absolute Gasteiger partial charge is 0.423 e. The fourth-order valence-corrected chi connectivity index (χ4v) is 6.07. The summed E-state index contributed by atoms with van der Waals surface area (Å²) in [6, 6.07) is 21.0. The summed E-state index contributed by atoms with van der Waals surface area (Å²) in [5, 5.41) is 0. The highest BCUT2D eigenvalue weighted by Crippen LogP contribution is 2.39. The number of nitrogens with zero attached hydrogens (tertiary/aromatic N) is 2. The standard InChI is InChI=1S/C40H42N2O5/c1-6-7-28-8-10-31(11-9-28)33-23-41-38(42-24-33)37-22-35(47-40(44)27(4)25-45-5)20-21-36(37)32-14-12-29(13-15-32)30-16-18-34(19-17-30)46-39(43)26(2)3/h12-24,28,31H,2,4,6-11,25H2,1,3,5H3. The third kappa shape index (κ3) is 8.48. The van der Waals surface area contributed by atoms with Crippen molar-refractivity contribution in [3.8, 4) is 45.1 Å². The molecule has 0 aliphatic heterocycles. The predicted octanol–water partition coefficient (Wildman–Crippen LogP) is 9.14. The van der Waals surface area contributed by atoms with Crippen molar-refractivity contribution in [2.75, 3.05) is 13.7 Å². The first kappa shape index (κ1) is 33.5. The molecule has 7 heteroatoms. The Hall–Kier alpha value is -4.88. The molecule has 0 atom stereocenters. The number of carbonyl (C=O) groups excluding carboxylic acids is 2. The van der Waals surface area contributed by atoms with Gasteiger partial charge in [0, 0.05) is 30.6 Å². The Bertz CT molecular complexity index is 1720. The number of esters is 2. The van der Waals surface area contributed by atoms with Crippen molar-refractivity contribution in [3.05, 3.63) is 109 Å². The Morgan fingerprint density at radius 3 is 1.94 bits per heavy atom. The molecule has 0 N–H and O–H groups in total. The summed E-state index contributed by atoms with van der Waals surface area (Å²) in [6.45, 7) is 11.4. The second kappa shape index (κ2) is 15.6. The Morgan fingerprint density at radius 2 is 1.34 bits per heavy atom. The van der Waals surface area contributed by atoms with Gasteiger partial charge in [0.25, 0.3) is 0 Å². The van der Waals surface area contributed by atoms with Crippen molar-refractivity contribution >= 4 is 11.9 Å². The zero-order chi connectivity index (χ0) is 33.3. The van der Waals surface area contributed by atoms with Crippen LogP contribution in [-0.4, -0.2) is 35.6 Å². The first-order valence-corrected chi connectivity index (χ1v) is 16.2. The second-order valence-electron chi connectivity index (χ2n) is 12.3. The molecule has 1 aliphatic carbocycles. The number of rotatable bonds is 12. The number of benzene rings is 3. The quantitative estimate of drug-likeness (QED) is 0.0876. The summed E-state index contributed by atoms with van der Waals surface area (Å²) in [6.07, 6.45) is 11.3. The van der Waals surface area contributed by atoms with Gasteiger partial charge in [0.15, 0.2) is 5.82 Å². The third-order valence-corrected chi connectivity index (χ3v) is 8.68. The predicted molar refractivity (Wildman–Crippen MR) is 185 cm³/mol. The molecule has 5 rings (SSSR count). The molecule has 0 unspecified atom stereocenters. The van der Waals surface area contributed by atoms with Gasteiger partial charge in [-0.3, -0.25) is 0 Å². The van der Waals surface area contributed by atoms with Gasteiger partial charge in [-0.2, -0.15) is 0 Å². The molecule has 3 aromatic carbocycles. The van der Waals surface area contributed by atoms with Crippen molar-refractivity contribution in [1.29, 1.82) is 0 Å². The summed E-state index contributed by atoms with van der Waals surface area (Å²) in [5.41, 5.74) is 6.34. The molecular formula is C40H42N2O5. The second-order valence-corrected chi connectivity index (χ2v) is 12.3. The van der Waals surface area contributed by atoms with E-state index in [9.17, 15) is 9.59 Å². The maximum absolute atomic E-state index is 12.6. The van der Waals surface area contributed by atoms with Crippen LogP contribution < -0.4 is 9.47 Å². The van der Waals surface area contributed by atoms with Crippen LogP contribution in [0.4, 0.5) is 0 Å². The summed E-state index contributed by atoms with van der Waals surface area (Å²) in [7, 11) is 1.51. The maximum Gasteiger partial charge on any atom is 0.341 e. The van der Waals surface area contributed by atoms with Gasteiger partial charge in [0.05, 0.1) is 12.2 Å². The lowest BCUT2D eigenvalue weighted by Crippen LogP contribution is -2.14. The van der Waals surface area contributed by atoms with Gasteiger partial charge in [0.1, 0.15) is 11.5 Å². The van der Waals surface area contributed by atoms with Gasteiger partial charge in [-0.15, -0.1) is 0 Å². The average molecular weight is 631 g/mol. The monoisotopic (exact) mass is 630 g/mol. The molecule has 0 saturated heterocycles. The molecule has 1 heterocycles. The molecule has 1 saturated carbocycles. The van der Waals surface area contributed by atoms with E-state index in [0.717, 1.165) is 33.7 Å². The number of methoxy groups -OCH3 is 1. The number of carbonyl (C=O) groups is 2. The molecule has 242 valence electrons. The average Bonchev–Trinajstić information content (AvgIpc) is 3.09. The molecule has 0 spiro atoms. The maximum atomic E-state index is 12.6. The van der Waals surface area contributed by atoms with Crippen LogP contribution in [0.2, 0.25) is 0 Å². The van der Waals surface area contributed by atoms with E-state index in [-0.39, 0.29) is 12.2 Å². The number of hydrogen-bond acceptors (Lipinski definition) is 7. The van der Waals surface area contributed by atoms with E-state index in [1.807, 2.05) is 54.9 Å². The van der Waals surface area contributed by atoms with Crippen LogP contribution >= 0.6 is 0 Å². The molecule has 1 fully saturated rings. The van der Waals surface area contributed by atoms with Crippen LogP contribution in [0.15, 0.2) is 103 Å². The van der Waals surface area contributed by atoms with Crippen LogP contribution in [0.5, 0.6) is 11.5 Å². The number of ether oxygens (including phenoxy) is 3. The lowest BCUT2D eigenvalue weighted by Gasteiger charge is -2.28. The van der Waals surface area contributed by atoms with Gasteiger partial charge < -0.3 is 14.2 Å². The third-order valence-electron chi connectivity index (χ3n) is 8.68. The van der Waals surface area contributed by atoms with Crippen LogP contribution in [0.3, 0.4) is 0 Å². The van der Waals surface area contributed by atoms with E-state index in [1.54, 1.807) is 31.2 Å². The normalized spacial score (nSPS) is 15.9. The Balaban J connectivity index is 1.41. The lowest BCUT2D eigenvalue weighted by molar-refractivity contribution is -0.131. The molecule has 7 nitrogen and oxygen atoms in total. The van der Waals surface area contributed by atoms with Crippen LogP contribution in [0.25, 0.3) is 33.6 Å². The Kier molecular flexibility index (Phi) is 11.1. The van der Waals surface area contributed by atoms with Gasteiger partial charge in [-0.05, 0) is 103 Å². The highest BCUT2D eigenvalue weighted by molar-refractivity contribution is 5.91. The minimum absolute atomic E-state index is 0.0867. The highest BCUT2D eigenvalue weighted by Gasteiger charge is 2.23. The van der Waals surface area contributed by atoms with E-state index in [2.05, 4.69) is 20.1 Å². The molecule has 0 bridgehead atoms. The zero-order valence-electron chi connectivity index (χ0n) is 27.5. The van der Waals surface area contributed by atoms with E-state index in [1.165, 1.54) is 51.2 Å². The van der Waals surface area contributed by atoms with Crippen molar-refractivity contribution in [2.45, 2.75) is 58.3 Å². The van der Waals surface area contributed by atoms with Crippen molar-refractivity contribution < 1.29 is 23.8 Å². The van der Waals surface area contributed by atoms with Gasteiger partial charge in [-0.1, -0.05) is 69.3 Å². The fraction of sp³-hybridized carbons (Fsp3) is 0.300. The molecule has 0 radical (unpaired) electrons. The summed E-state index contributed by atoms with van der Waals surface area (Å²) in [4.78, 5) is 34.1. The van der Waals surface area contributed by atoms with E-state index < -0.39 is 11.9 Å². The SMILES string of the molecule is C=C(C)C(=O)Oc1ccc(-c2ccc(-c3ccc(OC(=O)C(=C)COC)cc3-c3ncc(C4CCC(CCC)CC4)cn3)cc2)cc1.